The van der Waals surface area contributed by atoms with Crippen LogP contribution in [0.3, 0.4) is 0 Å². The molecule has 0 aliphatic heterocycles. The first-order valence-electron chi connectivity index (χ1n) is 7.88. The first-order valence-corrected chi connectivity index (χ1v) is 8.26. The van der Waals surface area contributed by atoms with E-state index in [9.17, 15) is 4.79 Å². The number of furan rings is 1. The van der Waals surface area contributed by atoms with E-state index in [-0.39, 0.29) is 11.9 Å². The summed E-state index contributed by atoms with van der Waals surface area (Å²) in [7, 11) is 1.93. The van der Waals surface area contributed by atoms with Crippen LogP contribution in [0.5, 0.6) is 0 Å². The first-order chi connectivity index (χ1) is 11.0. The van der Waals surface area contributed by atoms with Crippen LogP contribution in [0.2, 0.25) is 5.02 Å². The molecule has 0 spiro atoms. The van der Waals surface area contributed by atoms with Gasteiger partial charge < -0.3 is 9.73 Å². The standard InChI is InChI=1S/C18H21ClN2O2/c1-12(18(22)20-15-7-8-15)21(2)11-16-9-10-17(23-16)13-3-5-14(19)6-4-13/h3-6,9-10,12,15H,7-8,11H2,1-2H3,(H,20,22)/t12-/m0/s1. The average molecular weight is 333 g/mol. The maximum Gasteiger partial charge on any atom is 0.237 e. The normalized spacial score (nSPS) is 15.7. The van der Waals surface area contributed by atoms with E-state index in [2.05, 4.69) is 5.32 Å². The quantitative estimate of drug-likeness (QED) is 0.877. The van der Waals surface area contributed by atoms with Crippen molar-refractivity contribution in [2.24, 2.45) is 0 Å². The number of carbonyl (C=O) groups is 1. The van der Waals surface area contributed by atoms with Gasteiger partial charge in [-0.1, -0.05) is 11.6 Å². The van der Waals surface area contributed by atoms with Gasteiger partial charge in [0.15, 0.2) is 0 Å². The van der Waals surface area contributed by atoms with Crippen LogP contribution in [0.15, 0.2) is 40.8 Å². The summed E-state index contributed by atoms with van der Waals surface area (Å²) in [5.74, 6) is 1.73. The molecule has 1 saturated carbocycles. The molecule has 0 radical (unpaired) electrons. The Morgan fingerprint density at radius 2 is 2.00 bits per heavy atom. The highest BCUT2D eigenvalue weighted by Crippen LogP contribution is 2.24. The van der Waals surface area contributed by atoms with Crippen LogP contribution >= 0.6 is 11.6 Å². The van der Waals surface area contributed by atoms with Gasteiger partial charge in [-0.25, -0.2) is 0 Å². The maximum atomic E-state index is 12.1. The fraction of sp³-hybridized carbons (Fsp3) is 0.389. The number of hydrogen-bond acceptors (Lipinski definition) is 3. The monoisotopic (exact) mass is 332 g/mol. The Bertz CT molecular complexity index is 677. The largest absolute Gasteiger partial charge is 0.460 e. The summed E-state index contributed by atoms with van der Waals surface area (Å²) in [5, 5.41) is 3.74. The predicted octanol–water partition coefficient (Wildman–Crippen LogP) is 3.70. The summed E-state index contributed by atoms with van der Waals surface area (Å²) >= 11 is 5.90. The minimum absolute atomic E-state index is 0.0829. The zero-order chi connectivity index (χ0) is 16.4. The van der Waals surface area contributed by atoms with Gasteiger partial charge in [-0.2, -0.15) is 0 Å². The molecule has 1 N–H and O–H groups in total. The van der Waals surface area contributed by atoms with Crippen molar-refractivity contribution < 1.29 is 9.21 Å². The SMILES string of the molecule is C[C@@H](C(=O)NC1CC1)N(C)Cc1ccc(-c2ccc(Cl)cc2)o1. The number of nitrogens with zero attached hydrogens (tertiary/aromatic N) is 1. The molecule has 2 aromatic rings. The van der Waals surface area contributed by atoms with Crippen LogP contribution in [0, 0.1) is 0 Å². The van der Waals surface area contributed by atoms with Crippen LogP contribution in [0.4, 0.5) is 0 Å². The van der Waals surface area contributed by atoms with E-state index in [1.165, 1.54) is 0 Å². The fourth-order valence-electron chi connectivity index (χ4n) is 2.36. The fourth-order valence-corrected chi connectivity index (χ4v) is 2.49. The second-order valence-electron chi connectivity index (χ2n) is 6.15. The molecule has 23 heavy (non-hydrogen) atoms. The van der Waals surface area contributed by atoms with Gasteiger partial charge in [-0.15, -0.1) is 0 Å². The topological polar surface area (TPSA) is 45.5 Å². The molecule has 1 aromatic carbocycles. The van der Waals surface area contributed by atoms with Gasteiger partial charge in [-0.3, -0.25) is 9.69 Å². The van der Waals surface area contributed by atoms with E-state index in [1.54, 1.807) is 0 Å². The summed E-state index contributed by atoms with van der Waals surface area (Å²) in [6, 6.07) is 11.7. The summed E-state index contributed by atoms with van der Waals surface area (Å²) in [6.07, 6.45) is 2.20. The third-order valence-corrected chi connectivity index (χ3v) is 4.41. The Morgan fingerprint density at radius 3 is 2.65 bits per heavy atom. The van der Waals surface area contributed by atoms with Crippen molar-refractivity contribution in [1.82, 2.24) is 10.2 Å². The second-order valence-corrected chi connectivity index (χ2v) is 6.58. The smallest absolute Gasteiger partial charge is 0.237 e. The highest BCUT2D eigenvalue weighted by molar-refractivity contribution is 6.30. The molecular formula is C18H21ClN2O2. The Balaban J connectivity index is 1.61. The summed E-state index contributed by atoms with van der Waals surface area (Å²) < 4.78 is 5.89. The van der Waals surface area contributed by atoms with E-state index >= 15 is 0 Å². The van der Waals surface area contributed by atoms with Crippen LogP contribution in [-0.2, 0) is 11.3 Å². The number of nitrogens with one attached hydrogen (secondary N) is 1. The van der Waals surface area contributed by atoms with Crippen LogP contribution < -0.4 is 5.32 Å². The summed E-state index contributed by atoms with van der Waals surface area (Å²) in [4.78, 5) is 14.1. The highest BCUT2D eigenvalue weighted by atomic mass is 35.5. The van der Waals surface area contributed by atoms with Crippen molar-refractivity contribution in [1.29, 1.82) is 0 Å². The van der Waals surface area contributed by atoms with Crippen molar-refractivity contribution in [2.45, 2.75) is 38.4 Å². The Morgan fingerprint density at radius 1 is 1.30 bits per heavy atom. The van der Waals surface area contributed by atoms with Crippen molar-refractivity contribution in [2.75, 3.05) is 7.05 Å². The number of likely N-dealkylation sites (N-methyl/N-ethyl adjacent to an activating group) is 1. The molecule has 1 fully saturated rings. The molecule has 1 amide bonds. The van der Waals surface area contributed by atoms with E-state index in [4.69, 9.17) is 16.0 Å². The van der Waals surface area contributed by atoms with Gasteiger partial charge in [-0.05, 0) is 63.2 Å². The van der Waals surface area contributed by atoms with E-state index in [0.717, 1.165) is 29.9 Å². The molecule has 0 unspecified atom stereocenters. The van der Waals surface area contributed by atoms with Crippen LogP contribution in [-0.4, -0.2) is 29.9 Å². The minimum atomic E-state index is -0.181. The molecular weight excluding hydrogens is 312 g/mol. The Kier molecular flexibility index (Phi) is 4.74. The lowest BCUT2D eigenvalue weighted by Crippen LogP contribution is -2.43. The maximum absolute atomic E-state index is 12.1. The average Bonchev–Trinajstić information content (AvgIpc) is 3.23. The van der Waals surface area contributed by atoms with E-state index in [0.29, 0.717) is 17.6 Å². The number of benzene rings is 1. The van der Waals surface area contributed by atoms with Gasteiger partial charge in [0.2, 0.25) is 5.91 Å². The van der Waals surface area contributed by atoms with Crippen molar-refractivity contribution in [3.05, 3.63) is 47.2 Å². The van der Waals surface area contributed by atoms with Crippen molar-refractivity contribution >= 4 is 17.5 Å². The van der Waals surface area contributed by atoms with Gasteiger partial charge in [0.05, 0.1) is 12.6 Å². The van der Waals surface area contributed by atoms with Crippen molar-refractivity contribution in [3.8, 4) is 11.3 Å². The first kappa shape index (κ1) is 16.1. The highest BCUT2D eigenvalue weighted by Gasteiger charge is 2.27. The van der Waals surface area contributed by atoms with E-state index < -0.39 is 0 Å². The summed E-state index contributed by atoms with van der Waals surface area (Å²) in [5.41, 5.74) is 0.989. The van der Waals surface area contributed by atoms with Crippen LogP contribution in [0.1, 0.15) is 25.5 Å². The zero-order valence-corrected chi connectivity index (χ0v) is 14.1. The van der Waals surface area contributed by atoms with Gasteiger partial charge in [0.1, 0.15) is 11.5 Å². The molecule has 0 saturated heterocycles. The lowest BCUT2D eigenvalue weighted by Gasteiger charge is -2.22. The van der Waals surface area contributed by atoms with E-state index in [1.807, 2.05) is 55.3 Å². The van der Waals surface area contributed by atoms with Crippen molar-refractivity contribution in [3.63, 3.8) is 0 Å². The molecule has 4 nitrogen and oxygen atoms in total. The molecule has 1 aliphatic rings. The van der Waals surface area contributed by atoms with Gasteiger partial charge in [0, 0.05) is 16.6 Å². The predicted molar refractivity (Wildman–Crippen MR) is 91.2 cm³/mol. The second kappa shape index (κ2) is 6.77. The zero-order valence-electron chi connectivity index (χ0n) is 13.4. The number of rotatable bonds is 6. The summed E-state index contributed by atoms with van der Waals surface area (Å²) in [6.45, 7) is 2.51. The van der Waals surface area contributed by atoms with Gasteiger partial charge >= 0.3 is 0 Å². The number of halogens is 1. The Hall–Kier alpha value is -1.78. The third-order valence-electron chi connectivity index (χ3n) is 4.16. The lowest BCUT2D eigenvalue weighted by atomic mass is 10.2. The molecule has 3 rings (SSSR count). The third kappa shape index (κ3) is 4.15. The minimum Gasteiger partial charge on any atom is -0.460 e. The molecule has 122 valence electrons. The number of amides is 1. The number of carbonyl (C=O) groups excluding carboxylic acids is 1. The Labute approximate surface area is 141 Å². The molecule has 1 atom stereocenters. The lowest BCUT2D eigenvalue weighted by molar-refractivity contribution is -0.125. The molecule has 5 heteroatoms. The molecule has 1 heterocycles. The molecule has 1 aromatic heterocycles. The molecule has 0 bridgehead atoms. The number of hydrogen-bond donors (Lipinski definition) is 1. The van der Waals surface area contributed by atoms with Crippen LogP contribution in [0.25, 0.3) is 11.3 Å². The van der Waals surface area contributed by atoms with Gasteiger partial charge in [0.25, 0.3) is 0 Å². The molecule has 1 aliphatic carbocycles.